The van der Waals surface area contributed by atoms with E-state index < -0.39 is 0 Å². The summed E-state index contributed by atoms with van der Waals surface area (Å²) in [6, 6.07) is 14.2. The summed E-state index contributed by atoms with van der Waals surface area (Å²) in [5, 5.41) is 16.1. The molecule has 0 fully saturated rings. The van der Waals surface area contributed by atoms with Gasteiger partial charge in [-0.15, -0.1) is 11.3 Å². The number of thiophene rings is 1. The van der Waals surface area contributed by atoms with Crippen molar-refractivity contribution in [2.24, 2.45) is 0 Å². The van der Waals surface area contributed by atoms with Crippen molar-refractivity contribution in [1.29, 1.82) is 5.26 Å². The highest BCUT2D eigenvalue weighted by Gasteiger charge is 2.08. The molecule has 2 nitrogen and oxygen atoms in total. The highest BCUT2D eigenvalue weighted by Crippen LogP contribution is 2.27. The number of allylic oxidation sites excluding steroid dienone is 1. The van der Waals surface area contributed by atoms with E-state index in [9.17, 15) is 5.26 Å². The van der Waals surface area contributed by atoms with Gasteiger partial charge in [-0.25, -0.2) is 4.98 Å². The zero-order valence-corrected chi connectivity index (χ0v) is 12.1. The highest BCUT2D eigenvalue weighted by molar-refractivity contribution is 7.11. The monoisotopic (exact) mass is 294 g/mol. The van der Waals surface area contributed by atoms with Gasteiger partial charge in [0.2, 0.25) is 0 Å². The average Bonchev–Trinajstić information content (AvgIpc) is 3.17. The van der Waals surface area contributed by atoms with Crippen molar-refractivity contribution in [2.45, 2.75) is 0 Å². The first-order chi connectivity index (χ1) is 9.86. The van der Waals surface area contributed by atoms with Gasteiger partial charge < -0.3 is 0 Å². The first-order valence-corrected chi connectivity index (χ1v) is 7.84. The second-order valence-electron chi connectivity index (χ2n) is 4.13. The third kappa shape index (κ3) is 2.69. The van der Waals surface area contributed by atoms with Gasteiger partial charge in [0.15, 0.2) is 0 Å². The second-order valence-corrected chi connectivity index (χ2v) is 5.77. The lowest BCUT2D eigenvalue weighted by Gasteiger charge is -1.95. The molecule has 2 heterocycles. The Balaban J connectivity index is 1.95. The predicted molar refractivity (Wildman–Crippen MR) is 85.4 cm³/mol. The molecule has 1 aromatic carbocycles. The van der Waals surface area contributed by atoms with Gasteiger partial charge in [-0.1, -0.05) is 30.3 Å². The van der Waals surface area contributed by atoms with Crippen LogP contribution in [-0.4, -0.2) is 4.98 Å². The lowest BCUT2D eigenvalue weighted by Crippen LogP contribution is -1.82. The molecule has 0 atom stereocenters. The Morgan fingerprint density at radius 2 is 2.00 bits per heavy atom. The van der Waals surface area contributed by atoms with Crippen LogP contribution in [0.1, 0.15) is 10.6 Å². The van der Waals surface area contributed by atoms with Crippen LogP contribution in [0.3, 0.4) is 0 Å². The first-order valence-electron chi connectivity index (χ1n) is 6.02. The van der Waals surface area contributed by atoms with E-state index in [0.29, 0.717) is 5.57 Å². The third-order valence-corrected chi connectivity index (χ3v) is 4.36. The van der Waals surface area contributed by atoms with Gasteiger partial charge in [-0.2, -0.15) is 16.6 Å². The average molecular weight is 294 g/mol. The molecule has 3 rings (SSSR count). The molecule has 0 N–H and O–H groups in total. The van der Waals surface area contributed by atoms with E-state index in [0.717, 1.165) is 21.8 Å². The van der Waals surface area contributed by atoms with Gasteiger partial charge in [-0.3, -0.25) is 0 Å². The van der Waals surface area contributed by atoms with Crippen molar-refractivity contribution in [3.05, 3.63) is 63.1 Å². The molecule has 0 saturated heterocycles. The quantitative estimate of drug-likeness (QED) is 0.642. The minimum absolute atomic E-state index is 0.607. The number of rotatable bonds is 3. The molecule has 0 aliphatic rings. The number of hydrogen-bond donors (Lipinski definition) is 0. The van der Waals surface area contributed by atoms with E-state index in [-0.39, 0.29) is 0 Å². The number of hydrogen-bond acceptors (Lipinski definition) is 4. The van der Waals surface area contributed by atoms with Gasteiger partial charge >= 0.3 is 0 Å². The second kappa shape index (κ2) is 5.83. The smallest absolute Gasteiger partial charge is 0.134 e. The van der Waals surface area contributed by atoms with Crippen LogP contribution in [0.4, 0.5) is 0 Å². The van der Waals surface area contributed by atoms with Gasteiger partial charge in [0.1, 0.15) is 11.1 Å². The molecule has 0 aliphatic heterocycles. The Morgan fingerprint density at radius 3 is 2.70 bits per heavy atom. The number of thiazole rings is 1. The highest BCUT2D eigenvalue weighted by atomic mass is 32.1. The molecule has 2 aromatic heterocycles. The zero-order chi connectivity index (χ0) is 13.8. The predicted octanol–water partition coefficient (Wildman–Crippen LogP) is 4.94. The Labute approximate surface area is 125 Å². The topological polar surface area (TPSA) is 36.7 Å². The van der Waals surface area contributed by atoms with Gasteiger partial charge in [0, 0.05) is 10.9 Å². The summed E-state index contributed by atoms with van der Waals surface area (Å²) in [6.45, 7) is 0. The van der Waals surface area contributed by atoms with E-state index in [2.05, 4.69) is 11.1 Å². The Bertz CT molecular complexity index is 762. The first kappa shape index (κ1) is 12.8. The molecule has 96 valence electrons. The third-order valence-electron chi connectivity index (χ3n) is 2.78. The maximum Gasteiger partial charge on any atom is 0.134 e. The van der Waals surface area contributed by atoms with Crippen molar-refractivity contribution >= 4 is 34.3 Å². The minimum atomic E-state index is 0.607. The zero-order valence-electron chi connectivity index (χ0n) is 10.5. The van der Waals surface area contributed by atoms with Crippen LogP contribution in [0, 0.1) is 11.3 Å². The molecular weight excluding hydrogens is 284 g/mol. The lowest BCUT2D eigenvalue weighted by molar-refractivity contribution is 1.37. The fraction of sp³-hybridized carbons (Fsp3) is 0. The van der Waals surface area contributed by atoms with E-state index in [1.807, 2.05) is 58.6 Å². The van der Waals surface area contributed by atoms with E-state index in [1.165, 1.54) is 11.3 Å². The summed E-state index contributed by atoms with van der Waals surface area (Å²) in [6.07, 6.45) is 1.88. The molecule has 0 amide bonds. The standard InChI is InChI=1S/C16H10N2S2/c17-9-14(8-12-6-7-19-10-12)16-18-15(11-20-16)13-4-2-1-3-5-13/h1-8,10-11H/b14-8-. The number of nitriles is 1. The summed E-state index contributed by atoms with van der Waals surface area (Å²) in [5.41, 5.74) is 3.64. The van der Waals surface area contributed by atoms with E-state index >= 15 is 0 Å². The molecule has 0 radical (unpaired) electrons. The van der Waals surface area contributed by atoms with Crippen LogP contribution < -0.4 is 0 Å². The number of aromatic nitrogens is 1. The van der Waals surface area contributed by atoms with E-state index in [4.69, 9.17) is 0 Å². The molecule has 4 heteroatoms. The van der Waals surface area contributed by atoms with Crippen molar-refractivity contribution in [2.75, 3.05) is 0 Å². The normalized spacial score (nSPS) is 11.2. The maximum atomic E-state index is 9.31. The molecule has 0 bridgehead atoms. The van der Waals surface area contributed by atoms with Crippen molar-refractivity contribution in [1.82, 2.24) is 4.98 Å². The Kier molecular flexibility index (Phi) is 3.73. The molecule has 0 spiro atoms. The van der Waals surface area contributed by atoms with Crippen LogP contribution >= 0.6 is 22.7 Å². The molecule has 3 aromatic rings. The SMILES string of the molecule is N#C/C(=C/c1ccsc1)c1nc(-c2ccccc2)cs1. The van der Waals surface area contributed by atoms with Crippen molar-refractivity contribution in [3.63, 3.8) is 0 Å². The molecule has 20 heavy (non-hydrogen) atoms. The molecular formula is C16H10N2S2. The fourth-order valence-corrected chi connectivity index (χ4v) is 3.22. The fourth-order valence-electron chi connectivity index (χ4n) is 1.80. The number of nitrogens with zero attached hydrogens (tertiary/aromatic N) is 2. The van der Waals surface area contributed by atoms with Crippen molar-refractivity contribution < 1.29 is 0 Å². The largest absolute Gasteiger partial charge is 0.235 e. The Hall–Kier alpha value is -2.22. The van der Waals surface area contributed by atoms with Gasteiger partial charge in [0.25, 0.3) is 0 Å². The summed E-state index contributed by atoms with van der Waals surface area (Å²) >= 11 is 3.12. The van der Waals surface area contributed by atoms with E-state index in [1.54, 1.807) is 11.3 Å². The van der Waals surface area contributed by atoms with Crippen molar-refractivity contribution in [3.8, 4) is 17.3 Å². The van der Waals surface area contributed by atoms with Gasteiger partial charge in [0.05, 0.1) is 11.3 Å². The summed E-state index contributed by atoms with van der Waals surface area (Å²) < 4.78 is 0. The molecule has 0 aliphatic carbocycles. The lowest BCUT2D eigenvalue weighted by atomic mass is 10.2. The number of benzene rings is 1. The van der Waals surface area contributed by atoms with Crippen LogP contribution in [-0.2, 0) is 0 Å². The summed E-state index contributed by atoms with van der Waals surface area (Å²) in [4.78, 5) is 4.56. The molecule has 0 unspecified atom stereocenters. The summed E-state index contributed by atoms with van der Waals surface area (Å²) in [7, 11) is 0. The van der Waals surface area contributed by atoms with Crippen LogP contribution in [0.25, 0.3) is 22.9 Å². The minimum Gasteiger partial charge on any atom is -0.235 e. The van der Waals surface area contributed by atoms with Gasteiger partial charge in [-0.05, 0) is 28.5 Å². The summed E-state index contributed by atoms with van der Waals surface area (Å²) in [5.74, 6) is 0. The van der Waals surface area contributed by atoms with Crippen LogP contribution in [0.5, 0.6) is 0 Å². The molecule has 0 saturated carbocycles. The Morgan fingerprint density at radius 1 is 1.15 bits per heavy atom. The van der Waals surface area contributed by atoms with Crippen LogP contribution in [0.15, 0.2) is 52.5 Å². The van der Waals surface area contributed by atoms with Crippen LogP contribution in [0.2, 0.25) is 0 Å². The maximum absolute atomic E-state index is 9.31.